The Morgan fingerprint density at radius 1 is 1.44 bits per heavy atom. The van der Waals surface area contributed by atoms with Gasteiger partial charge in [0.2, 0.25) is 5.91 Å². The number of thioether (sulfide) groups is 1. The normalized spacial score (nSPS) is 22.3. The maximum absolute atomic E-state index is 12.0. The molecular formula is C13H19ClN2OS. The number of hydrogen-bond acceptors (Lipinski definition) is 3. The van der Waals surface area contributed by atoms with Crippen molar-refractivity contribution in [2.24, 2.45) is 11.7 Å². The van der Waals surface area contributed by atoms with Gasteiger partial charge in [0, 0.05) is 16.6 Å². The second-order valence-corrected chi connectivity index (χ2v) is 5.30. The summed E-state index contributed by atoms with van der Waals surface area (Å²) in [5.74, 6) is 0.0428. The third-order valence-corrected chi connectivity index (χ3v) is 3.97. The summed E-state index contributed by atoms with van der Waals surface area (Å²) in [4.78, 5) is 13.2. The third kappa shape index (κ3) is 3.64. The number of anilines is 1. The van der Waals surface area contributed by atoms with Crippen LogP contribution in [0.15, 0.2) is 29.2 Å². The van der Waals surface area contributed by atoms with Crippen molar-refractivity contribution in [2.45, 2.75) is 30.2 Å². The average Bonchev–Trinajstić information content (AvgIpc) is 2.76. The second-order valence-electron chi connectivity index (χ2n) is 4.42. The number of carbonyl (C=O) groups is 1. The fraction of sp³-hybridized carbons (Fsp3) is 0.462. The summed E-state index contributed by atoms with van der Waals surface area (Å²) in [7, 11) is 0. The molecule has 1 fully saturated rings. The molecule has 1 amide bonds. The van der Waals surface area contributed by atoms with Gasteiger partial charge in [-0.05, 0) is 37.3 Å². The smallest absolute Gasteiger partial charge is 0.229 e. The molecule has 1 aliphatic rings. The molecule has 3 nitrogen and oxygen atoms in total. The Morgan fingerprint density at radius 3 is 2.83 bits per heavy atom. The number of nitrogens with two attached hydrogens (primary N) is 1. The van der Waals surface area contributed by atoms with E-state index in [0.717, 1.165) is 29.8 Å². The number of nitrogens with one attached hydrogen (secondary N) is 1. The van der Waals surface area contributed by atoms with E-state index in [-0.39, 0.29) is 30.3 Å². The van der Waals surface area contributed by atoms with Crippen LogP contribution in [-0.2, 0) is 4.79 Å². The molecule has 100 valence electrons. The lowest BCUT2D eigenvalue weighted by atomic mass is 10.0. The van der Waals surface area contributed by atoms with Crippen molar-refractivity contribution in [1.29, 1.82) is 0 Å². The van der Waals surface area contributed by atoms with Gasteiger partial charge in [-0.3, -0.25) is 4.79 Å². The molecule has 0 saturated heterocycles. The zero-order valence-corrected chi connectivity index (χ0v) is 12.0. The number of halogens is 1. The summed E-state index contributed by atoms with van der Waals surface area (Å²) in [6, 6.07) is 7.91. The summed E-state index contributed by atoms with van der Waals surface area (Å²) < 4.78 is 0. The van der Waals surface area contributed by atoms with Gasteiger partial charge in [-0.1, -0.05) is 12.5 Å². The van der Waals surface area contributed by atoms with Crippen molar-refractivity contribution >= 4 is 35.8 Å². The van der Waals surface area contributed by atoms with Crippen LogP contribution in [0.5, 0.6) is 0 Å². The van der Waals surface area contributed by atoms with E-state index >= 15 is 0 Å². The van der Waals surface area contributed by atoms with E-state index in [2.05, 4.69) is 5.32 Å². The zero-order chi connectivity index (χ0) is 12.3. The molecule has 1 aromatic rings. The molecule has 1 aliphatic carbocycles. The molecule has 3 N–H and O–H groups in total. The molecule has 2 rings (SSSR count). The zero-order valence-electron chi connectivity index (χ0n) is 10.4. The Bertz CT molecular complexity index is 414. The summed E-state index contributed by atoms with van der Waals surface area (Å²) in [5.41, 5.74) is 6.79. The Balaban J connectivity index is 0.00000162. The van der Waals surface area contributed by atoms with Crippen molar-refractivity contribution in [1.82, 2.24) is 0 Å². The number of benzene rings is 1. The lowest BCUT2D eigenvalue weighted by molar-refractivity contribution is -0.120. The summed E-state index contributed by atoms with van der Waals surface area (Å²) >= 11 is 1.67. The van der Waals surface area contributed by atoms with Crippen LogP contribution in [0, 0.1) is 5.92 Å². The molecule has 1 aromatic carbocycles. The Morgan fingerprint density at radius 2 is 2.22 bits per heavy atom. The number of hydrogen-bond donors (Lipinski definition) is 2. The summed E-state index contributed by atoms with van der Waals surface area (Å²) in [6.45, 7) is 0. The van der Waals surface area contributed by atoms with Crippen molar-refractivity contribution in [3.63, 3.8) is 0 Å². The van der Waals surface area contributed by atoms with E-state index in [0.29, 0.717) is 0 Å². The Labute approximate surface area is 118 Å². The maximum atomic E-state index is 12.0. The van der Waals surface area contributed by atoms with Gasteiger partial charge in [-0.15, -0.1) is 24.2 Å². The first-order valence-electron chi connectivity index (χ1n) is 5.91. The molecule has 18 heavy (non-hydrogen) atoms. The standard InChI is InChI=1S/C13H18N2OS.ClH/c1-17-10-5-2-4-9(8-10)15-13(16)11-6-3-7-12(11)14;/h2,4-5,8,11-12H,3,6-7,14H2,1H3,(H,15,16);1H. The molecule has 5 heteroatoms. The van der Waals surface area contributed by atoms with E-state index in [4.69, 9.17) is 5.73 Å². The molecule has 0 aliphatic heterocycles. The predicted molar refractivity (Wildman–Crippen MR) is 79.4 cm³/mol. The molecular weight excluding hydrogens is 268 g/mol. The van der Waals surface area contributed by atoms with E-state index in [9.17, 15) is 4.79 Å². The number of rotatable bonds is 3. The van der Waals surface area contributed by atoms with Crippen molar-refractivity contribution in [3.8, 4) is 0 Å². The number of amides is 1. The van der Waals surface area contributed by atoms with Gasteiger partial charge >= 0.3 is 0 Å². The van der Waals surface area contributed by atoms with Crippen LogP contribution in [0.1, 0.15) is 19.3 Å². The van der Waals surface area contributed by atoms with Crippen LogP contribution in [0.3, 0.4) is 0 Å². The topological polar surface area (TPSA) is 55.1 Å². The van der Waals surface area contributed by atoms with Gasteiger partial charge < -0.3 is 11.1 Å². The molecule has 0 heterocycles. The lowest BCUT2D eigenvalue weighted by Gasteiger charge is -2.15. The van der Waals surface area contributed by atoms with Crippen molar-refractivity contribution in [2.75, 3.05) is 11.6 Å². The molecule has 1 saturated carbocycles. The van der Waals surface area contributed by atoms with Crippen molar-refractivity contribution in [3.05, 3.63) is 24.3 Å². The maximum Gasteiger partial charge on any atom is 0.229 e. The Hall–Kier alpha value is -0.710. The van der Waals surface area contributed by atoms with E-state index < -0.39 is 0 Å². The Kier molecular flexibility index (Phi) is 5.99. The van der Waals surface area contributed by atoms with E-state index in [1.165, 1.54) is 0 Å². The quantitative estimate of drug-likeness (QED) is 0.840. The van der Waals surface area contributed by atoms with E-state index in [1.807, 2.05) is 30.5 Å². The summed E-state index contributed by atoms with van der Waals surface area (Å²) in [5, 5.41) is 2.96. The van der Waals surface area contributed by atoms with Gasteiger partial charge in [-0.2, -0.15) is 0 Å². The SMILES string of the molecule is CSc1cccc(NC(=O)C2CCCC2N)c1.Cl. The van der Waals surface area contributed by atoms with Crippen LogP contribution < -0.4 is 11.1 Å². The summed E-state index contributed by atoms with van der Waals surface area (Å²) in [6.07, 6.45) is 4.95. The van der Waals surface area contributed by atoms with Gasteiger partial charge in [0.15, 0.2) is 0 Å². The molecule has 0 bridgehead atoms. The molecule has 0 aromatic heterocycles. The highest BCUT2D eigenvalue weighted by atomic mass is 35.5. The molecule has 2 unspecified atom stereocenters. The monoisotopic (exact) mass is 286 g/mol. The van der Waals surface area contributed by atoms with Gasteiger partial charge in [0.05, 0.1) is 5.92 Å². The van der Waals surface area contributed by atoms with Crippen LogP contribution in [0.4, 0.5) is 5.69 Å². The average molecular weight is 287 g/mol. The molecule has 0 radical (unpaired) electrons. The van der Waals surface area contributed by atoms with Crippen LogP contribution in [0.25, 0.3) is 0 Å². The van der Waals surface area contributed by atoms with Gasteiger partial charge in [0.1, 0.15) is 0 Å². The van der Waals surface area contributed by atoms with E-state index in [1.54, 1.807) is 11.8 Å². The minimum Gasteiger partial charge on any atom is -0.327 e. The fourth-order valence-corrected chi connectivity index (χ4v) is 2.71. The lowest BCUT2D eigenvalue weighted by Crippen LogP contribution is -2.34. The third-order valence-electron chi connectivity index (χ3n) is 3.24. The van der Waals surface area contributed by atoms with Crippen LogP contribution >= 0.6 is 24.2 Å². The first kappa shape index (κ1) is 15.3. The minimum absolute atomic E-state index is 0. The highest BCUT2D eigenvalue weighted by Gasteiger charge is 2.30. The van der Waals surface area contributed by atoms with Crippen LogP contribution in [0.2, 0.25) is 0 Å². The van der Waals surface area contributed by atoms with Gasteiger partial charge in [0.25, 0.3) is 0 Å². The second kappa shape index (κ2) is 7.02. The predicted octanol–water partition coefficient (Wildman–Crippen LogP) is 2.90. The molecule has 0 spiro atoms. The highest BCUT2D eigenvalue weighted by molar-refractivity contribution is 7.98. The minimum atomic E-state index is -0.0204. The van der Waals surface area contributed by atoms with Gasteiger partial charge in [-0.25, -0.2) is 0 Å². The largest absolute Gasteiger partial charge is 0.327 e. The fourth-order valence-electron chi connectivity index (χ4n) is 2.25. The highest BCUT2D eigenvalue weighted by Crippen LogP contribution is 2.26. The number of carbonyl (C=O) groups excluding carboxylic acids is 1. The molecule has 2 atom stereocenters. The van der Waals surface area contributed by atoms with Crippen molar-refractivity contribution < 1.29 is 4.79 Å². The van der Waals surface area contributed by atoms with Crippen LogP contribution in [-0.4, -0.2) is 18.2 Å². The first-order chi connectivity index (χ1) is 8.20. The first-order valence-corrected chi connectivity index (χ1v) is 7.13.